The van der Waals surface area contributed by atoms with Crippen molar-refractivity contribution in [3.8, 4) is 5.75 Å². The summed E-state index contributed by atoms with van der Waals surface area (Å²) in [6.45, 7) is -0.376. The third-order valence-electron chi connectivity index (χ3n) is 3.01. The second kappa shape index (κ2) is 6.47. The lowest BCUT2D eigenvalue weighted by atomic mass is 10.1. The summed E-state index contributed by atoms with van der Waals surface area (Å²) in [5.74, 6) is 0.202. The van der Waals surface area contributed by atoms with E-state index in [0.717, 1.165) is 5.56 Å². The number of aromatic nitrogens is 2. The topological polar surface area (TPSA) is 39.1 Å². The summed E-state index contributed by atoms with van der Waals surface area (Å²) in [4.78, 5) is 0. The maximum absolute atomic E-state index is 12.3. The van der Waals surface area contributed by atoms with Crippen molar-refractivity contribution in [2.24, 2.45) is 7.05 Å². The Morgan fingerprint density at radius 1 is 1.35 bits per heavy atom. The van der Waals surface area contributed by atoms with Gasteiger partial charge in [0.2, 0.25) is 0 Å². The summed E-state index contributed by atoms with van der Waals surface area (Å²) in [6.07, 6.45) is 3.69. The molecule has 1 unspecified atom stereocenters. The minimum Gasteiger partial charge on any atom is -0.434 e. The van der Waals surface area contributed by atoms with Crippen LogP contribution in [0.2, 0.25) is 0 Å². The first-order valence-corrected chi connectivity index (χ1v) is 6.31. The zero-order valence-electron chi connectivity index (χ0n) is 11.4. The monoisotopic (exact) mass is 281 g/mol. The van der Waals surface area contributed by atoms with Crippen LogP contribution in [-0.2, 0) is 13.6 Å². The van der Waals surface area contributed by atoms with Crippen LogP contribution in [0, 0.1) is 0 Å². The first kappa shape index (κ1) is 14.5. The lowest BCUT2D eigenvalue weighted by Gasteiger charge is -2.14. The molecule has 1 aromatic heterocycles. The highest BCUT2D eigenvalue weighted by atomic mass is 19.3. The molecule has 0 radical (unpaired) electrons. The van der Waals surface area contributed by atoms with Gasteiger partial charge < -0.3 is 10.1 Å². The van der Waals surface area contributed by atoms with Gasteiger partial charge in [-0.3, -0.25) is 4.68 Å². The van der Waals surface area contributed by atoms with Crippen LogP contribution in [0.25, 0.3) is 0 Å². The molecule has 0 saturated carbocycles. The molecule has 2 rings (SSSR count). The number of halogens is 2. The van der Waals surface area contributed by atoms with Crippen molar-refractivity contribution in [3.63, 3.8) is 0 Å². The number of rotatable bonds is 6. The SMILES string of the molecule is CC(NCc1ccccc1OC(F)F)c1cnn(C)c1. The highest BCUT2D eigenvalue weighted by molar-refractivity contribution is 5.33. The number of hydrogen-bond donors (Lipinski definition) is 1. The molecule has 0 saturated heterocycles. The summed E-state index contributed by atoms with van der Waals surface area (Å²) in [7, 11) is 1.85. The van der Waals surface area contributed by atoms with E-state index in [1.807, 2.05) is 20.2 Å². The van der Waals surface area contributed by atoms with E-state index in [4.69, 9.17) is 0 Å². The van der Waals surface area contributed by atoms with E-state index in [0.29, 0.717) is 12.1 Å². The Bertz CT molecular complexity index is 557. The molecule has 0 aliphatic carbocycles. The van der Waals surface area contributed by atoms with Gasteiger partial charge in [-0.25, -0.2) is 0 Å². The number of alkyl halides is 2. The molecular formula is C14H17F2N3O. The maximum Gasteiger partial charge on any atom is 0.387 e. The molecule has 20 heavy (non-hydrogen) atoms. The van der Waals surface area contributed by atoms with E-state index < -0.39 is 6.61 Å². The lowest BCUT2D eigenvalue weighted by Crippen LogP contribution is -2.18. The maximum atomic E-state index is 12.3. The number of nitrogens with one attached hydrogen (secondary N) is 1. The molecule has 1 aromatic carbocycles. The number of benzene rings is 1. The first-order valence-electron chi connectivity index (χ1n) is 6.31. The molecule has 0 bridgehead atoms. The molecule has 1 N–H and O–H groups in total. The average molecular weight is 281 g/mol. The highest BCUT2D eigenvalue weighted by Crippen LogP contribution is 2.21. The van der Waals surface area contributed by atoms with Crippen molar-refractivity contribution < 1.29 is 13.5 Å². The Kier molecular flexibility index (Phi) is 4.68. The van der Waals surface area contributed by atoms with E-state index in [1.54, 1.807) is 29.1 Å². The molecule has 0 spiro atoms. The number of para-hydroxylation sites is 1. The Morgan fingerprint density at radius 2 is 2.10 bits per heavy atom. The van der Waals surface area contributed by atoms with Gasteiger partial charge in [0, 0.05) is 37.0 Å². The van der Waals surface area contributed by atoms with Gasteiger partial charge in [-0.1, -0.05) is 18.2 Å². The summed E-state index contributed by atoms with van der Waals surface area (Å²) < 4.78 is 30.8. The summed E-state index contributed by atoms with van der Waals surface area (Å²) in [6, 6.07) is 6.84. The number of hydrogen-bond acceptors (Lipinski definition) is 3. The zero-order valence-corrected chi connectivity index (χ0v) is 11.4. The third kappa shape index (κ3) is 3.77. The largest absolute Gasteiger partial charge is 0.434 e. The van der Waals surface area contributed by atoms with Gasteiger partial charge in [0.1, 0.15) is 5.75 Å². The normalized spacial score (nSPS) is 12.7. The molecule has 0 aliphatic heterocycles. The fourth-order valence-electron chi connectivity index (χ4n) is 1.91. The lowest BCUT2D eigenvalue weighted by molar-refractivity contribution is -0.0505. The fourth-order valence-corrected chi connectivity index (χ4v) is 1.91. The van der Waals surface area contributed by atoms with E-state index in [1.165, 1.54) is 6.07 Å². The standard InChI is InChI=1S/C14H17F2N3O/c1-10(12-8-18-19(2)9-12)17-7-11-5-3-4-6-13(11)20-14(15)16/h3-6,8-10,14,17H,7H2,1-2H3. The van der Waals surface area contributed by atoms with Crippen molar-refractivity contribution in [2.75, 3.05) is 0 Å². The van der Waals surface area contributed by atoms with Crippen molar-refractivity contribution >= 4 is 0 Å². The van der Waals surface area contributed by atoms with Gasteiger partial charge in [0.25, 0.3) is 0 Å². The second-order valence-corrected chi connectivity index (χ2v) is 4.54. The molecule has 0 aliphatic rings. The Labute approximate surface area is 116 Å². The van der Waals surface area contributed by atoms with Gasteiger partial charge in [0.15, 0.2) is 0 Å². The van der Waals surface area contributed by atoms with Gasteiger partial charge in [-0.15, -0.1) is 0 Å². The molecule has 108 valence electrons. The number of ether oxygens (including phenoxy) is 1. The van der Waals surface area contributed by atoms with E-state index >= 15 is 0 Å². The Balaban J connectivity index is 2.00. The van der Waals surface area contributed by atoms with Crippen molar-refractivity contribution in [3.05, 3.63) is 47.8 Å². The van der Waals surface area contributed by atoms with Gasteiger partial charge >= 0.3 is 6.61 Å². The molecular weight excluding hydrogens is 264 g/mol. The first-order chi connectivity index (χ1) is 9.56. The molecule has 0 fully saturated rings. The average Bonchev–Trinajstić information content (AvgIpc) is 2.83. The van der Waals surface area contributed by atoms with Gasteiger partial charge in [-0.05, 0) is 13.0 Å². The van der Waals surface area contributed by atoms with Crippen LogP contribution in [0.3, 0.4) is 0 Å². The fraction of sp³-hybridized carbons (Fsp3) is 0.357. The van der Waals surface area contributed by atoms with Crippen molar-refractivity contribution in [2.45, 2.75) is 26.1 Å². The molecule has 1 atom stereocenters. The molecule has 1 heterocycles. The van der Waals surface area contributed by atoms with E-state index in [2.05, 4.69) is 15.2 Å². The number of aryl methyl sites for hydroxylation is 1. The minimum absolute atomic E-state index is 0.0725. The quantitative estimate of drug-likeness (QED) is 0.885. The number of nitrogens with zero attached hydrogens (tertiary/aromatic N) is 2. The van der Waals surface area contributed by atoms with Crippen molar-refractivity contribution in [1.82, 2.24) is 15.1 Å². The van der Waals surface area contributed by atoms with Crippen LogP contribution < -0.4 is 10.1 Å². The van der Waals surface area contributed by atoms with E-state index in [9.17, 15) is 8.78 Å². The van der Waals surface area contributed by atoms with Gasteiger partial charge in [0.05, 0.1) is 6.20 Å². The van der Waals surface area contributed by atoms with Crippen LogP contribution in [0.15, 0.2) is 36.7 Å². The van der Waals surface area contributed by atoms with Crippen LogP contribution in [0.5, 0.6) is 5.75 Å². The van der Waals surface area contributed by atoms with Crippen LogP contribution in [0.1, 0.15) is 24.1 Å². The zero-order chi connectivity index (χ0) is 14.5. The Morgan fingerprint density at radius 3 is 2.75 bits per heavy atom. The smallest absolute Gasteiger partial charge is 0.387 e. The predicted octanol–water partition coefficient (Wildman–Crippen LogP) is 2.87. The van der Waals surface area contributed by atoms with E-state index in [-0.39, 0.29) is 11.8 Å². The molecule has 6 heteroatoms. The molecule has 4 nitrogen and oxygen atoms in total. The summed E-state index contributed by atoms with van der Waals surface area (Å²) in [5.41, 5.74) is 1.74. The van der Waals surface area contributed by atoms with Crippen molar-refractivity contribution in [1.29, 1.82) is 0 Å². The van der Waals surface area contributed by atoms with Crippen LogP contribution in [0.4, 0.5) is 8.78 Å². The summed E-state index contributed by atoms with van der Waals surface area (Å²) in [5, 5.41) is 7.37. The van der Waals surface area contributed by atoms with Crippen LogP contribution >= 0.6 is 0 Å². The van der Waals surface area contributed by atoms with Crippen LogP contribution in [-0.4, -0.2) is 16.4 Å². The molecule has 0 amide bonds. The predicted molar refractivity (Wildman–Crippen MR) is 71.5 cm³/mol. The summed E-state index contributed by atoms with van der Waals surface area (Å²) >= 11 is 0. The van der Waals surface area contributed by atoms with Gasteiger partial charge in [-0.2, -0.15) is 13.9 Å². The molecule has 2 aromatic rings. The third-order valence-corrected chi connectivity index (χ3v) is 3.01. The highest BCUT2D eigenvalue weighted by Gasteiger charge is 2.11. The second-order valence-electron chi connectivity index (χ2n) is 4.54. The Hall–Kier alpha value is -1.95. The minimum atomic E-state index is -2.81.